The number of rotatable bonds is 7. The van der Waals surface area contributed by atoms with E-state index in [4.69, 9.17) is 0 Å². The Labute approximate surface area is 138 Å². The Bertz CT molecular complexity index is 632. The third-order valence-electron chi connectivity index (χ3n) is 4.47. The van der Waals surface area contributed by atoms with Crippen LogP contribution in [0.2, 0.25) is 0 Å². The van der Waals surface area contributed by atoms with E-state index < -0.39 is 0 Å². The predicted molar refractivity (Wildman–Crippen MR) is 92.0 cm³/mol. The molecule has 0 saturated heterocycles. The van der Waals surface area contributed by atoms with Crippen molar-refractivity contribution in [2.75, 3.05) is 0 Å². The zero-order valence-corrected chi connectivity index (χ0v) is 13.7. The van der Waals surface area contributed by atoms with Crippen LogP contribution in [0.5, 0.6) is 0 Å². The third-order valence-corrected chi connectivity index (χ3v) is 4.47. The van der Waals surface area contributed by atoms with Crippen LogP contribution >= 0.6 is 0 Å². The number of hydrogen-bond acceptors (Lipinski definition) is 2. The van der Waals surface area contributed by atoms with Gasteiger partial charge in [-0.1, -0.05) is 31.2 Å². The van der Waals surface area contributed by atoms with Gasteiger partial charge < -0.3 is 4.90 Å². The summed E-state index contributed by atoms with van der Waals surface area (Å²) in [5, 5.41) is 0. The summed E-state index contributed by atoms with van der Waals surface area (Å²) in [7, 11) is 0. The molecule has 1 aliphatic rings. The second-order valence-corrected chi connectivity index (χ2v) is 6.28. The van der Waals surface area contributed by atoms with E-state index in [-0.39, 0.29) is 5.91 Å². The molecule has 0 N–H and O–H groups in total. The minimum atomic E-state index is 0.267. The molecule has 1 fully saturated rings. The number of aryl methyl sites for hydroxylation is 2. The summed E-state index contributed by atoms with van der Waals surface area (Å²) in [4.78, 5) is 18.7. The average Bonchev–Trinajstić information content (AvgIpc) is 3.44. The van der Waals surface area contributed by atoms with Crippen molar-refractivity contribution in [1.29, 1.82) is 0 Å². The van der Waals surface area contributed by atoms with Gasteiger partial charge in [0.05, 0.1) is 0 Å². The number of carbonyl (C=O) groups excluding carboxylic acids is 1. The zero-order valence-electron chi connectivity index (χ0n) is 13.7. The summed E-state index contributed by atoms with van der Waals surface area (Å²) in [5.74, 6) is 0.267. The molecule has 1 aromatic carbocycles. The van der Waals surface area contributed by atoms with Gasteiger partial charge in [0.25, 0.3) is 0 Å². The van der Waals surface area contributed by atoms with Crippen molar-refractivity contribution in [2.24, 2.45) is 0 Å². The van der Waals surface area contributed by atoms with Crippen LogP contribution in [0.1, 0.15) is 42.9 Å². The van der Waals surface area contributed by atoms with Gasteiger partial charge in [-0.05, 0) is 54.5 Å². The van der Waals surface area contributed by atoms with E-state index in [9.17, 15) is 4.79 Å². The SMILES string of the molecule is CCc1ccc(CCC(=O)N(Cc2ccncc2)C2CC2)cc1. The van der Waals surface area contributed by atoms with E-state index in [0.717, 1.165) is 31.2 Å². The van der Waals surface area contributed by atoms with Crippen molar-refractivity contribution in [3.05, 3.63) is 65.5 Å². The lowest BCUT2D eigenvalue weighted by molar-refractivity contribution is -0.132. The first-order valence-electron chi connectivity index (χ1n) is 8.52. The Morgan fingerprint density at radius 3 is 2.30 bits per heavy atom. The standard InChI is InChI=1S/C20H24N2O/c1-2-16-3-5-17(6-4-16)7-10-20(23)22(19-8-9-19)15-18-11-13-21-14-12-18/h3-6,11-14,19H,2,7-10,15H2,1H3. The quantitative estimate of drug-likeness (QED) is 0.780. The highest BCUT2D eigenvalue weighted by atomic mass is 16.2. The Hall–Kier alpha value is -2.16. The normalized spacial score (nSPS) is 13.8. The van der Waals surface area contributed by atoms with Gasteiger partial charge >= 0.3 is 0 Å². The molecule has 2 aromatic rings. The highest BCUT2D eigenvalue weighted by Gasteiger charge is 2.32. The van der Waals surface area contributed by atoms with Crippen LogP contribution in [0.15, 0.2) is 48.8 Å². The maximum Gasteiger partial charge on any atom is 0.223 e. The first-order chi connectivity index (χ1) is 11.3. The van der Waals surface area contributed by atoms with Crippen LogP contribution in [0, 0.1) is 0 Å². The lowest BCUT2D eigenvalue weighted by Crippen LogP contribution is -2.32. The van der Waals surface area contributed by atoms with Gasteiger partial charge in [-0.25, -0.2) is 0 Å². The fourth-order valence-electron chi connectivity index (χ4n) is 2.83. The van der Waals surface area contributed by atoms with Gasteiger partial charge in [-0.3, -0.25) is 9.78 Å². The maximum absolute atomic E-state index is 12.6. The van der Waals surface area contributed by atoms with E-state index >= 15 is 0 Å². The van der Waals surface area contributed by atoms with Gasteiger partial charge in [0.1, 0.15) is 0 Å². The van der Waals surface area contributed by atoms with Crippen molar-refractivity contribution in [1.82, 2.24) is 9.88 Å². The van der Waals surface area contributed by atoms with E-state index in [1.165, 1.54) is 11.1 Å². The van der Waals surface area contributed by atoms with E-state index in [1.807, 2.05) is 12.1 Å². The number of pyridine rings is 1. The molecule has 0 aliphatic heterocycles. The molecular formula is C20H24N2O. The van der Waals surface area contributed by atoms with E-state index in [2.05, 4.69) is 41.1 Å². The molecule has 1 aliphatic carbocycles. The molecule has 1 saturated carbocycles. The molecular weight excluding hydrogens is 284 g/mol. The number of nitrogens with zero attached hydrogens (tertiary/aromatic N) is 2. The number of amides is 1. The fourth-order valence-corrected chi connectivity index (χ4v) is 2.83. The van der Waals surface area contributed by atoms with Gasteiger partial charge in [-0.15, -0.1) is 0 Å². The molecule has 120 valence electrons. The molecule has 3 heteroatoms. The summed E-state index contributed by atoms with van der Waals surface area (Å²) in [6.07, 6.45) is 8.33. The van der Waals surface area contributed by atoms with Crippen molar-refractivity contribution < 1.29 is 4.79 Å². The van der Waals surface area contributed by atoms with Crippen LogP contribution in [0.25, 0.3) is 0 Å². The highest BCUT2D eigenvalue weighted by Crippen LogP contribution is 2.29. The summed E-state index contributed by atoms with van der Waals surface area (Å²) in [6, 6.07) is 13.0. The van der Waals surface area contributed by atoms with E-state index in [1.54, 1.807) is 12.4 Å². The highest BCUT2D eigenvalue weighted by molar-refractivity contribution is 5.77. The molecule has 0 atom stereocenters. The van der Waals surface area contributed by atoms with Crippen molar-refractivity contribution in [3.8, 4) is 0 Å². The number of benzene rings is 1. The summed E-state index contributed by atoms with van der Waals surface area (Å²) in [6.45, 7) is 2.87. The molecule has 3 rings (SSSR count). The topological polar surface area (TPSA) is 33.2 Å². The second kappa shape index (κ2) is 7.40. The van der Waals surface area contributed by atoms with Gasteiger partial charge in [-0.2, -0.15) is 0 Å². The Kier molecular flexibility index (Phi) is 5.06. The third kappa shape index (κ3) is 4.41. The molecule has 1 aromatic heterocycles. The molecule has 0 spiro atoms. The van der Waals surface area contributed by atoms with E-state index in [0.29, 0.717) is 19.0 Å². The number of carbonyl (C=O) groups is 1. The fraction of sp³-hybridized carbons (Fsp3) is 0.400. The van der Waals surface area contributed by atoms with Crippen LogP contribution in [0.3, 0.4) is 0 Å². The first kappa shape index (κ1) is 15.7. The lowest BCUT2D eigenvalue weighted by Gasteiger charge is -2.22. The molecule has 23 heavy (non-hydrogen) atoms. The number of hydrogen-bond donors (Lipinski definition) is 0. The van der Waals surface area contributed by atoms with Crippen molar-refractivity contribution >= 4 is 5.91 Å². The number of aromatic nitrogens is 1. The smallest absolute Gasteiger partial charge is 0.223 e. The van der Waals surface area contributed by atoms with Crippen LogP contribution < -0.4 is 0 Å². The Morgan fingerprint density at radius 2 is 1.70 bits per heavy atom. The predicted octanol–water partition coefficient (Wildman–Crippen LogP) is 3.77. The van der Waals surface area contributed by atoms with Gasteiger partial charge in [0.2, 0.25) is 5.91 Å². The Morgan fingerprint density at radius 1 is 1.04 bits per heavy atom. The monoisotopic (exact) mass is 308 g/mol. The molecule has 0 radical (unpaired) electrons. The van der Waals surface area contributed by atoms with Crippen molar-refractivity contribution in [2.45, 2.75) is 51.6 Å². The molecule has 3 nitrogen and oxygen atoms in total. The molecule has 0 bridgehead atoms. The maximum atomic E-state index is 12.6. The Balaban J connectivity index is 1.58. The van der Waals surface area contributed by atoms with Crippen LogP contribution in [-0.4, -0.2) is 21.8 Å². The minimum Gasteiger partial charge on any atom is -0.335 e. The molecule has 1 heterocycles. The second-order valence-electron chi connectivity index (χ2n) is 6.28. The van der Waals surface area contributed by atoms with Gasteiger partial charge in [0, 0.05) is 31.4 Å². The summed E-state index contributed by atoms with van der Waals surface area (Å²) in [5.41, 5.74) is 3.75. The van der Waals surface area contributed by atoms with Crippen molar-refractivity contribution in [3.63, 3.8) is 0 Å². The minimum absolute atomic E-state index is 0.267. The average molecular weight is 308 g/mol. The summed E-state index contributed by atoms with van der Waals surface area (Å²) >= 11 is 0. The van der Waals surface area contributed by atoms with Gasteiger partial charge in [0.15, 0.2) is 0 Å². The summed E-state index contributed by atoms with van der Waals surface area (Å²) < 4.78 is 0. The van der Waals surface area contributed by atoms with Crippen LogP contribution in [-0.2, 0) is 24.2 Å². The lowest BCUT2D eigenvalue weighted by atomic mass is 10.1. The largest absolute Gasteiger partial charge is 0.335 e. The molecule has 1 amide bonds. The molecule has 0 unspecified atom stereocenters. The zero-order chi connectivity index (χ0) is 16.1. The first-order valence-corrected chi connectivity index (χ1v) is 8.52. The van der Waals surface area contributed by atoms with Crippen LogP contribution in [0.4, 0.5) is 0 Å².